The Morgan fingerprint density at radius 3 is 0.641 bits per heavy atom. The van der Waals surface area contributed by atoms with Gasteiger partial charge in [-0.2, -0.15) is 0 Å². The minimum absolute atomic E-state index is 0.781. The van der Waals surface area contributed by atoms with Crippen LogP contribution in [0.1, 0.15) is 0 Å². The summed E-state index contributed by atoms with van der Waals surface area (Å²) in [6.07, 6.45) is 3.73. The van der Waals surface area contributed by atoms with E-state index in [0.717, 1.165) is 79.6 Å². The average molecular weight is 825 g/mol. The second-order valence-corrected chi connectivity index (χ2v) is 15.1. The van der Waals surface area contributed by atoms with Gasteiger partial charge in [0.1, 0.15) is 11.6 Å². The first-order chi connectivity index (χ1) is 31.8. The zero-order valence-corrected chi connectivity index (χ0v) is 35.1. The number of nitrogens with zero attached hydrogens (tertiary/aromatic N) is 6. The van der Waals surface area contributed by atoms with E-state index >= 15 is 0 Å². The summed E-state index contributed by atoms with van der Waals surface area (Å²) in [7, 11) is 0. The zero-order chi connectivity index (χ0) is 42.9. The van der Waals surface area contributed by atoms with E-state index < -0.39 is 0 Å². The normalized spacial score (nSPS) is 10.8. The van der Waals surface area contributed by atoms with Crippen molar-refractivity contribution >= 4 is 68.5 Å². The van der Waals surface area contributed by atoms with E-state index in [9.17, 15) is 0 Å². The van der Waals surface area contributed by atoms with Gasteiger partial charge in [-0.15, -0.1) is 0 Å². The highest BCUT2D eigenvalue weighted by molar-refractivity contribution is 5.93. The molecule has 6 nitrogen and oxygen atoms in total. The zero-order valence-electron chi connectivity index (χ0n) is 35.1. The summed E-state index contributed by atoms with van der Waals surface area (Å²) in [5.41, 5.74) is 12.2. The molecule has 0 saturated heterocycles. The minimum Gasteiger partial charge on any atom is -0.311 e. The topological polar surface area (TPSA) is 38.7 Å². The Balaban J connectivity index is 1.08. The third kappa shape index (κ3) is 8.19. The molecule has 0 saturated carbocycles. The summed E-state index contributed by atoms with van der Waals surface area (Å²) < 4.78 is 0. The molecule has 2 aromatic heterocycles. The second kappa shape index (κ2) is 18.5. The maximum absolute atomic E-state index is 5.16. The van der Waals surface area contributed by atoms with E-state index in [-0.39, 0.29) is 0 Å². The van der Waals surface area contributed by atoms with Gasteiger partial charge in [0.25, 0.3) is 0 Å². The Morgan fingerprint density at radius 2 is 0.391 bits per heavy atom. The average Bonchev–Trinajstić information content (AvgIpc) is 3.38. The third-order valence-electron chi connectivity index (χ3n) is 11.1. The first-order valence-corrected chi connectivity index (χ1v) is 21.4. The van der Waals surface area contributed by atoms with Gasteiger partial charge in [0.15, 0.2) is 0 Å². The monoisotopic (exact) mass is 824 g/mol. The van der Waals surface area contributed by atoms with Crippen molar-refractivity contribution in [2.24, 2.45) is 0 Å². The Labute approximate surface area is 374 Å². The summed E-state index contributed by atoms with van der Waals surface area (Å²) in [5, 5.41) is 0. The molecule has 6 heteroatoms. The van der Waals surface area contributed by atoms with Crippen LogP contribution in [0.4, 0.5) is 68.5 Å². The fourth-order valence-electron chi connectivity index (χ4n) is 8.22. The number of para-hydroxylation sites is 6. The van der Waals surface area contributed by atoms with Gasteiger partial charge in [0.2, 0.25) is 0 Å². The fraction of sp³-hybridized carbons (Fsp3) is 0. The van der Waals surface area contributed by atoms with Crippen LogP contribution in [-0.4, -0.2) is 9.97 Å². The van der Waals surface area contributed by atoms with Crippen LogP contribution >= 0.6 is 0 Å². The molecule has 306 valence electrons. The Morgan fingerprint density at radius 1 is 0.188 bits per heavy atom. The maximum Gasteiger partial charge on any atom is 0.145 e. The van der Waals surface area contributed by atoms with Crippen molar-refractivity contribution in [1.29, 1.82) is 0 Å². The van der Waals surface area contributed by atoms with Crippen LogP contribution in [0.2, 0.25) is 0 Å². The molecule has 10 aromatic rings. The Kier molecular flexibility index (Phi) is 11.4. The lowest BCUT2D eigenvalue weighted by Gasteiger charge is -2.30. The van der Waals surface area contributed by atoms with Gasteiger partial charge in [-0.3, -0.25) is 9.80 Å². The lowest BCUT2D eigenvalue weighted by Crippen LogP contribution is -2.16. The van der Waals surface area contributed by atoms with Crippen molar-refractivity contribution in [2.45, 2.75) is 0 Å². The number of anilines is 12. The molecule has 0 fully saturated rings. The second-order valence-electron chi connectivity index (χ2n) is 15.1. The molecule has 0 radical (unpaired) electrons. The Hall–Kier alpha value is -8.74. The van der Waals surface area contributed by atoms with Crippen molar-refractivity contribution in [3.05, 3.63) is 267 Å². The first kappa shape index (κ1) is 39.4. The fourth-order valence-corrected chi connectivity index (χ4v) is 8.22. The molecule has 0 amide bonds. The van der Waals surface area contributed by atoms with Crippen molar-refractivity contribution < 1.29 is 0 Å². The van der Waals surface area contributed by atoms with E-state index in [1.807, 2.05) is 60.9 Å². The van der Waals surface area contributed by atoms with E-state index in [1.54, 1.807) is 0 Å². The van der Waals surface area contributed by atoms with Crippen LogP contribution in [0.25, 0.3) is 11.1 Å². The molecule has 0 aliphatic heterocycles. The van der Waals surface area contributed by atoms with Gasteiger partial charge in [0.05, 0.1) is 0 Å². The van der Waals surface area contributed by atoms with Gasteiger partial charge in [-0.1, -0.05) is 109 Å². The predicted molar refractivity (Wildman–Crippen MR) is 266 cm³/mol. The summed E-state index contributed by atoms with van der Waals surface area (Å²) in [6.45, 7) is 0. The van der Waals surface area contributed by atoms with E-state index in [1.165, 1.54) is 0 Å². The molecule has 0 aliphatic carbocycles. The molecule has 64 heavy (non-hydrogen) atoms. The third-order valence-corrected chi connectivity index (χ3v) is 11.1. The summed E-state index contributed by atoms with van der Waals surface area (Å²) >= 11 is 0. The molecule has 0 atom stereocenters. The highest BCUT2D eigenvalue weighted by atomic mass is 15.2. The molecule has 8 aromatic carbocycles. The quantitative estimate of drug-likeness (QED) is 0.115. The van der Waals surface area contributed by atoms with E-state index in [2.05, 4.69) is 226 Å². The first-order valence-electron chi connectivity index (χ1n) is 21.4. The van der Waals surface area contributed by atoms with Crippen molar-refractivity contribution in [2.75, 3.05) is 19.6 Å². The van der Waals surface area contributed by atoms with Crippen LogP contribution in [0.15, 0.2) is 267 Å². The van der Waals surface area contributed by atoms with Crippen molar-refractivity contribution in [1.82, 2.24) is 9.97 Å². The molecule has 0 bridgehead atoms. The molecule has 10 rings (SSSR count). The van der Waals surface area contributed by atoms with Crippen LogP contribution in [0.3, 0.4) is 0 Å². The standard InChI is InChI=1S/C58H44N6/c1-7-21-45(22-8-1)61(46-23-9-2-10-24-46)51-35-39-53(40-36-51)63(49-29-15-5-16-30-49)57-55(33-19-43-59-57)56-34-20-44-60-58(56)64(50-31-17-6-18-32-50)54-41-37-52(38-42-54)62(47-25-11-3-12-26-47)48-27-13-4-14-28-48/h1-44H. The lowest BCUT2D eigenvalue weighted by atomic mass is 10.0. The molecule has 0 aliphatic rings. The molecule has 0 unspecified atom stereocenters. The molecular weight excluding hydrogens is 781 g/mol. The maximum atomic E-state index is 5.16. The molecular formula is C58H44N6. The summed E-state index contributed by atoms with van der Waals surface area (Å²) in [5.74, 6) is 1.56. The number of rotatable bonds is 13. The van der Waals surface area contributed by atoms with Crippen molar-refractivity contribution in [3.8, 4) is 11.1 Å². The predicted octanol–water partition coefficient (Wildman–Crippen LogP) is 16.0. The number of benzene rings is 8. The van der Waals surface area contributed by atoms with Gasteiger partial charge >= 0.3 is 0 Å². The van der Waals surface area contributed by atoms with Gasteiger partial charge in [-0.25, -0.2) is 9.97 Å². The number of pyridine rings is 2. The Bertz CT molecular complexity index is 2740. The molecule has 2 heterocycles. The number of aromatic nitrogens is 2. The summed E-state index contributed by atoms with van der Waals surface area (Å²) in [6, 6.07) is 88.5. The van der Waals surface area contributed by atoms with Crippen LogP contribution in [0.5, 0.6) is 0 Å². The smallest absolute Gasteiger partial charge is 0.145 e. The summed E-state index contributed by atoms with van der Waals surface area (Å²) in [4.78, 5) is 19.3. The molecule has 0 spiro atoms. The van der Waals surface area contributed by atoms with Gasteiger partial charge in [0, 0.05) is 80.4 Å². The van der Waals surface area contributed by atoms with E-state index in [4.69, 9.17) is 9.97 Å². The van der Waals surface area contributed by atoms with Crippen molar-refractivity contribution in [3.63, 3.8) is 0 Å². The van der Waals surface area contributed by atoms with Gasteiger partial charge < -0.3 is 9.80 Å². The van der Waals surface area contributed by atoms with Crippen LogP contribution < -0.4 is 19.6 Å². The highest BCUT2D eigenvalue weighted by Crippen LogP contribution is 2.46. The largest absolute Gasteiger partial charge is 0.311 e. The highest BCUT2D eigenvalue weighted by Gasteiger charge is 2.25. The lowest BCUT2D eigenvalue weighted by molar-refractivity contribution is 1.16. The van der Waals surface area contributed by atoms with Crippen LogP contribution in [-0.2, 0) is 0 Å². The number of hydrogen-bond donors (Lipinski definition) is 0. The SMILES string of the molecule is c1ccc(N(c2ccccc2)c2ccc(N(c3ccccc3)c3ncccc3-c3cccnc3N(c3ccccc3)c3ccc(N(c4ccccc4)c4ccccc4)cc3)cc2)cc1. The number of hydrogen-bond acceptors (Lipinski definition) is 6. The van der Waals surface area contributed by atoms with Crippen LogP contribution in [0, 0.1) is 0 Å². The molecule has 0 N–H and O–H groups in total. The minimum atomic E-state index is 0.781. The van der Waals surface area contributed by atoms with Gasteiger partial charge in [-0.05, 0) is 146 Å². The van der Waals surface area contributed by atoms with E-state index in [0.29, 0.717) is 0 Å².